The van der Waals surface area contributed by atoms with Gasteiger partial charge < -0.3 is 0 Å². The molecule has 0 aliphatic heterocycles. The summed E-state index contributed by atoms with van der Waals surface area (Å²) < 4.78 is 30.2. The molecule has 1 nitrogen and oxygen atoms in total. The van der Waals surface area contributed by atoms with Crippen molar-refractivity contribution in [3.8, 4) is 11.1 Å². The molecule has 2 aromatic carbocycles. The van der Waals surface area contributed by atoms with E-state index in [-0.39, 0.29) is 11.2 Å². The second kappa shape index (κ2) is 7.87. The molecule has 0 radical (unpaired) electrons. The average molecular weight is 414 g/mol. The van der Waals surface area contributed by atoms with Crippen LogP contribution in [0.4, 0.5) is 8.78 Å². The monoisotopic (exact) mass is 413 g/mol. The van der Waals surface area contributed by atoms with Crippen molar-refractivity contribution in [1.29, 1.82) is 0 Å². The van der Waals surface area contributed by atoms with Gasteiger partial charge in [-0.2, -0.15) is 4.39 Å². The van der Waals surface area contributed by atoms with E-state index < -0.39 is 11.4 Å². The van der Waals surface area contributed by atoms with Gasteiger partial charge in [0.1, 0.15) is 5.82 Å². The van der Waals surface area contributed by atoms with Crippen molar-refractivity contribution in [3.63, 3.8) is 0 Å². The normalized spacial score (nSPS) is 12.3. The van der Waals surface area contributed by atoms with E-state index in [0.717, 1.165) is 5.56 Å². The van der Waals surface area contributed by atoms with Crippen molar-refractivity contribution in [1.82, 2.24) is 4.98 Å². The van der Waals surface area contributed by atoms with Crippen molar-refractivity contribution in [2.45, 2.75) is 51.9 Å². The van der Waals surface area contributed by atoms with Crippen LogP contribution in [0.5, 0.6) is 0 Å². The molecule has 0 spiro atoms. The molecular formula is C25H26ClF2N. The zero-order valence-electron chi connectivity index (χ0n) is 17.5. The number of hydrogen-bond donors (Lipinski definition) is 0. The maximum Gasteiger partial charge on any atom is 0.216 e. The highest BCUT2D eigenvalue weighted by molar-refractivity contribution is 6.30. The van der Waals surface area contributed by atoms with Crippen LogP contribution in [0.25, 0.3) is 11.1 Å². The van der Waals surface area contributed by atoms with E-state index in [9.17, 15) is 4.39 Å². The van der Waals surface area contributed by atoms with Gasteiger partial charge in [0, 0.05) is 27.3 Å². The molecule has 3 rings (SSSR count). The SMILES string of the molecule is CC(C)(C)c1ccc(CC(C)(C)c2cccc(-c3cccc(Cl)c3)c2F)c(F)n1. The highest BCUT2D eigenvalue weighted by Crippen LogP contribution is 2.35. The Morgan fingerprint density at radius 3 is 2.21 bits per heavy atom. The van der Waals surface area contributed by atoms with Crippen LogP contribution < -0.4 is 0 Å². The molecule has 0 atom stereocenters. The first-order valence-electron chi connectivity index (χ1n) is 9.70. The summed E-state index contributed by atoms with van der Waals surface area (Å²) >= 11 is 6.08. The van der Waals surface area contributed by atoms with E-state index in [1.807, 2.05) is 52.8 Å². The Balaban J connectivity index is 1.97. The lowest BCUT2D eigenvalue weighted by atomic mass is 9.78. The van der Waals surface area contributed by atoms with Gasteiger partial charge in [0.15, 0.2) is 0 Å². The van der Waals surface area contributed by atoms with Crippen LogP contribution in [0.15, 0.2) is 54.6 Å². The van der Waals surface area contributed by atoms with Gasteiger partial charge in [0.2, 0.25) is 5.95 Å². The third kappa shape index (κ3) is 4.67. The maximum atomic E-state index is 15.5. The standard InChI is InChI=1S/C25H26ClF2N/c1-24(2,3)21-13-12-17(23(28)29-21)15-25(4,5)20-11-7-10-19(22(20)27)16-8-6-9-18(26)14-16/h6-14H,15H2,1-5H3. The summed E-state index contributed by atoms with van der Waals surface area (Å²) in [5, 5.41) is 0.554. The predicted octanol–water partition coefficient (Wildman–Crippen LogP) is 7.50. The molecule has 1 heterocycles. The number of pyridine rings is 1. The number of nitrogens with zero attached hydrogens (tertiary/aromatic N) is 1. The van der Waals surface area contributed by atoms with E-state index in [1.165, 1.54) is 0 Å². The van der Waals surface area contributed by atoms with Crippen LogP contribution in [-0.4, -0.2) is 4.98 Å². The zero-order chi connectivity index (χ0) is 21.4. The number of benzene rings is 2. The van der Waals surface area contributed by atoms with Gasteiger partial charge in [-0.25, -0.2) is 9.37 Å². The van der Waals surface area contributed by atoms with Crippen LogP contribution in [0.1, 0.15) is 51.4 Å². The quantitative estimate of drug-likeness (QED) is 0.403. The largest absolute Gasteiger partial charge is 0.224 e. The first kappa shape index (κ1) is 21.4. The summed E-state index contributed by atoms with van der Waals surface area (Å²) in [5.74, 6) is -0.795. The highest BCUT2D eigenvalue weighted by Gasteiger charge is 2.28. The van der Waals surface area contributed by atoms with Crippen LogP contribution in [0.2, 0.25) is 5.02 Å². The molecule has 0 aliphatic carbocycles. The van der Waals surface area contributed by atoms with Gasteiger partial charge in [-0.1, -0.05) is 82.6 Å². The lowest BCUT2D eigenvalue weighted by Crippen LogP contribution is -2.24. The van der Waals surface area contributed by atoms with E-state index in [4.69, 9.17) is 11.6 Å². The fourth-order valence-corrected chi connectivity index (χ4v) is 3.71. The lowest BCUT2D eigenvalue weighted by Gasteiger charge is -2.27. The molecule has 0 bridgehead atoms. The van der Waals surface area contributed by atoms with E-state index in [0.29, 0.717) is 33.8 Å². The maximum absolute atomic E-state index is 15.5. The molecular weight excluding hydrogens is 388 g/mol. The fourth-order valence-electron chi connectivity index (χ4n) is 3.52. The second-order valence-electron chi connectivity index (χ2n) is 9.13. The van der Waals surface area contributed by atoms with Crippen molar-refractivity contribution < 1.29 is 8.78 Å². The molecule has 152 valence electrons. The average Bonchev–Trinajstić information content (AvgIpc) is 2.62. The van der Waals surface area contributed by atoms with Crippen LogP contribution in [0, 0.1) is 11.8 Å². The Morgan fingerprint density at radius 2 is 1.59 bits per heavy atom. The molecule has 4 heteroatoms. The molecule has 0 saturated heterocycles. The third-order valence-electron chi connectivity index (χ3n) is 5.19. The Labute approximate surface area is 176 Å². The second-order valence-corrected chi connectivity index (χ2v) is 9.57. The first-order valence-corrected chi connectivity index (χ1v) is 10.1. The first-order chi connectivity index (χ1) is 13.5. The topological polar surface area (TPSA) is 12.9 Å². The summed E-state index contributed by atoms with van der Waals surface area (Å²) in [6.45, 7) is 9.83. The molecule has 0 aliphatic rings. The Kier molecular flexibility index (Phi) is 5.82. The van der Waals surface area contributed by atoms with E-state index in [2.05, 4.69) is 4.98 Å². The zero-order valence-corrected chi connectivity index (χ0v) is 18.2. The predicted molar refractivity (Wildman–Crippen MR) is 116 cm³/mol. The number of rotatable bonds is 4. The van der Waals surface area contributed by atoms with Gasteiger partial charge >= 0.3 is 0 Å². The molecule has 0 saturated carbocycles. The molecule has 1 aromatic heterocycles. The molecule has 3 aromatic rings. The van der Waals surface area contributed by atoms with Crippen LogP contribution in [0.3, 0.4) is 0 Å². The van der Waals surface area contributed by atoms with Gasteiger partial charge in [0.05, 0.1) is 0 Å². The van der Waals surface area contributed by atoms with Crippen molar-refractivity contribution in [3.05, 3.63) is 88.2 Å². The summed E-state index contributed by atoms with van der Waals surface area (Å²) in [6.07, 6.45) is 0.339. The van der Waals surface area contributed by atoms with Crippen LogP contribution >= 0.6 is 11.6 Å². The molecule has 0 amide bonds. The number of hydrogen-bond acceptors (Lipinski definition) is 1. The summed E-state index contributed by atoms with van der Waals surface area (Å²) in [5.41, 5.74) is 2.07. The van der Waals surface area contributed by atoms with E-state index >= 15 is 4.39 Å². The Bertz CT molecular complexity index is 1040. The minimum Gasteiger partial charge on any atom is -0.224 e. The number of aromatic nitrogens is 1. The number of halogens is 3. The van der Waals surface area contributed by atoms with Gasteiger partial charge in [-0.3, -0.25) is 0 Å². The molecule has 0 unspecified atom stereocenters. The fraction of sp³-hybridized carbons (Fsp3) is 0.320. The lowest BCUT2D eigenvalue weighted by molar-refractivity contribution is 0.457. The minimum absolute atomic E-state index is 0.230. The molecule has 0 N–H and O–H groups in total. The summed E-state index contributed by atoms with van der Waals surface area (Å²) in [6, 6.07) is 16.1. The van der Waals surface area contributed by atoms with Crippen molar-refractivity contribution in [2.75, 3.05) is 0 Å². The summed E-state index contributed by atoms with van der Waals surface area (Å²) in [7, 11) is 0. The summed E-state index contributed by atoms with van der Waals surface area (Å²) in [4.78, 5) is 4.14. The minimum atomic E-state index is -0.621. The molecule has 0 fully saturated rings. The Hall–Kier alpha value is -2.26. The van der Waals surface area contributed by atoms with Gasteiger partial charge in [-0.05, 0) is 41.2 Å². The smallest absolute Gasteiger partial charge is 0.216 e. The molecule has 29 heavy (non-hydrogen) atoms. The Morgan fingerprint density at radius 1 is 0.897 bits per heavy atom. The highest BCUT2D eigenvalue weighted by atomic mass is 35.5. The van der Waals surface area contributed by atoms with Crippen molar-refractivity contribution >= 4 is 11.6 Å². The van der Waals surface area contributed by atoms with Crippen molar-refractivity contribution in [2.24, 2.45) is 0 Å². The third-order valence-corrected chi connectivity index (χ3v) is 5.43. The van der Waals surface area contributed by atoms with E-state index in [1.54, 1.807) is 36.4 Å². The van der Waals surface area contributed by atoms with Gasteiger partial charge in [-0.15, -0.1) is 0 Å². The van der Waals surface area contributed by atoms with Crippen LogP contribution in [-0.2, 0) is 17.3 Å². The van der Waals surface area contributed by atoms with Gasteiger partial charge in [0.25, 0.3) is 0 Å².